The zero-order chi connectivity index (χ0) is 9.97. The van der Waals surface area contributed by atoms with Crippen molar-refractivity contribution < 1.29 is 26.5 Å². The van der Waals surface area contributed by atoms with E-state index >= 15 is 0 Å². The van der Waals surface area contributed by atoms with Crippen LogP contribution < -0.4 is 27.7 Å². The van der Waals surface area contributed by atoms with Crippen LogP contribution in [-0.2, 0) is 0 Å². The van der Waals surface area contributed by atoms with Gasteiger partial charge in [-0.3, -0.25) is 4.52 Å². The largest absolute Gasteiger partial charge is 1.00 e. The number of rotatable bonds is 2. The van der Waals surface area contributed by atoms with Crippen LogP contribution in [0, 0.1) is 0 Å². The Bertz CT molecular complexity index is 428. The highest BCUT2D eigenvalue weighted by Gasteiger charge is 2.14. The molecule has 0 saturated carbocycles. The monoisotopic (exact) mass is 228 g/mol. The summed E-state index contributed by atoms with van der Waals surface area (Å²) in [5, 5.41) is 7.42. The second kappa shape index (κ2) is 4.61. The number of anilines is 1. The van der Waals surface area contributed by atoms with E-state index in [1.165, 1.54) is 4.80 Å². The van der Waals surface area contributed by atoms with Crippen LogP contribution in [0.2, 0.25) is 0 Å². The van der Waals surface area contributed by atoms with Crippen LogP contribution in [0.4, 0.5) is 6.01 Å². The van der Waals surface area contributed by atoms with Gasteiger partial charge in [0.15, 0.2) is 0 Å². The van der Waals surface area contributed by atoms with Gasteiger partial charge in [0.05, 0.1) is 12.2 Å². The van der Waals surface area contributed by atoms with E-state index < -0.39 is 0 Å². The molecule has 0 spiro atoms. The maximum absolute atomic E-state index is 5.29. The van der Waals surface area contributed by atoms with Gasteiger partial charge in [0.25, 0.3) is 5.69 Å². The zero-order valence-corrected chi connectivity index (χ0v) is 8.68. The van der Waals surface area contributed by atoms with Gasteiger partial charge in [-0.1, -0.05) is 0 Å². The van der Waals surface area contributed by atoms with E-state index in [0.717, 1.165) is 11.4 Å². The molecule has 7 heteroatoms. The lowest BCUT2D eigenvalue weighted by Gasteiger charge is -1.95. The molecular weight excluding hydrogens is 220 g/mol. The molecule has 2 N–H and O–H groups in total. The van der Waals surface area contributed by atoms with Crippen molar-refractivity contribution in [2.45, 2.75) is 0 Å². The van der Waals surface area contributed by atoms with E-state index in [1.54, 1.807) is 31.4 Å². The van der Waals surface area contributed by atoms with Crippen molar-refractivity contribution in [2.24, 2.45) is 0 Å². The highest BCUT2D eigenvalue weighted by atomic mass is 35.5. The van der Waals surface area contributed by atoms with Crippen molar-refractivity contribution in [1.82, 2.24) is 10.4 Å². The molecule has 0 radical (unpaired) electrons. The molecule has 80 valence electrons. The zero-order valence-electron chi connectivity index (χ0n) is 7.92. The summed E-state index contributed by atoms with van der Waals surface area (Å²) in [5.74, 6) is 0.769. The van der Waals surface area contributed by atoms with E-state index in [2.05, 4.69) is 14.9 Å². The van der Waals surface area contributed by atoms with Crippen molar-refractivity contribution in [1.29, 1.82) is 0 Å². The summed E-state index contributed by atoms with van der Waals surface area (Å²) >= 11 is 0. The van der Waals surface area contributed by atoms with Gasteiger partial charge in [-0.25, -0.2) is 0 Å². The highest BCUT2D eigenvalue weighted by Crippen LogP contribution is 2.10. The number of halogens is 1. The third-order valence-corrected chi connectivity index (χ3v) is 1.71. The minimum Gasteiger partial charge on any atom is -1.00 e. The van der Waals surface area contributed by atoms with Crippen molar-refractivity contribution in [3.63, 3.8) is 0 Å². The Morgan fingerprint density at radius 2 is 2.00 bits per heavy atom. The molecule has 0 aliphatic heterocycles. The van der Waals surface area contributed by atoms with Crippen molar-refractivity contribution in [3.8, 4) is 11.4 Å². The molecule has 0 atom stereocenters. The Hall–Kier alpha value is -1.82. The molecule has 1 aromatic carbocycles. The molecule has 0 aliphatic carbocycles. The molecule has 0 aliphatic rings. The number of nitrogen functional groups attached to an aromatic ring is 1. The number of hydrogen-bond donors (Lipinski definition) is 1. The quantitative estimate of drug-likeness (QED) is 0.553. The maximum Gasteiger partial charge on any atom is 0.387 e. The Kier molecular flexibility index (Phi) is 3.46. The van der Waals surface area contributed by atoms with Gasteiger partial charge in [-0.2, -0.15) is 0 Å². The van der Waals surface area contributed by atoms with Crippen molar-refractivity contribution in [3.05, 3.63) is 24.3 Å². The lowest BCUT2D eigenvalue weighted by Crippen LogP contribution is -3.00. The fourth-order valence-corrected chi connectivity index (χ4v) is 1.03. The van der Waals surface area contributed by atoms with E-state index in [1.807, 2.05) is 0 Å². The number of hydrogen-bond acceptors (Lipinski definition) is 5. The smallest absolute Gasteiger partial charge is 0.387 e. The molecule has 0 saturated heterocycles. The lowest BCUT2D eigenvalue weighted by atomic mass is 10.3. The molecule has 15 heavy (non-hydrogen) atoms. The minimum atomic E-state index is 0. The first kappa shape index (κ1) is 11.3. The van der Waals surface area contributed by atoms with Gasteiger partial charge in [0.2, 0.25) is 5.27 Å². The summed E-state index contributed by atoms with van der Waals surface area (Å²) in [4.78, 5) is 1.30. The lowest BCUT2D eigenvalue weighted by molar-refractivity contribution is -0.724. The maximum atomic E-state index is 5.29. The predicted molar refractivity (Wildman–Crippen MR) is 46.8 cm³/mol. The molecular formula is C8H9ClN4O2. The first-order valence-electron chi connectivity index (χ1n) is 3.96. The number of ether oxygens (including phenoxy) is 1. The third-order valence-electron chi connectivity index (χ3n) is 1.71. The van der Waals surface area contributed by atoms with E-state index in [0.29, 0.717) is 0 Å². The minimum absolute atomic E-state index is 0. The van der Waals surface area contributed by atoms with Gasteiger partial charge >= 0.3 is 6.01 Å². The van der Waals surface area contributed by atoms with E-state index in [-0.39, 0.29) is 18.4 Å². The third kappa shape index (κ3) is 2.35. The summed E-state index contributed by atoms with van der Waals surface area (Å²) in [7, 11) is 1.61. The van der Waals surface area contributed by atoms with Crippen LogP contribution in [0.15, 0.2) is 28.8 Å². The number of nitrogens with zero attached hydrogens (tertiary/aromatic N) is 3. The molecule has 2 rings (SSSR count). The second-order valence-electron chi connectivity index (χ2n) is 2.60. The fraction of sp³-hybridized carbons (Fsp3) is 0.125. The normalized spacial score (nSPS) is 9.40. The number of methoxy groups -OCH3 is 1. The highest BCUT2D eigenvalue weighted by molar-refractivity contribution is 5.30. The Labute approximate surface area is 92.0 Å². The number of benzene rings is 1. The molecule has 6 nitrogen and oxygen atoms in total. The van der Waals surface area contributed by atoms with Crippen molar-refractivity contribution in [2.75, 3.05) is 12.8 Å². The van der Waals surface area contributed by atoms with Crippen molar-refractivity contribution >= 4 is 6.01 Å². The molecule has 2 aromatic rings. The van der Waals surface area contributed by atoms with Crippen LogP contribution >= 0.6 is 0 Å². The predicted octanol–water partition coefficient (Wildman–Crippen LogP) is -3.06. The van der Waals surface area contributed by atoms with Gasteiger partial charge in [0.1, 0.15) is 10.5 Å². The van der Waals surface area contributed by atoms with Crippen LogP contribution in [-0.4, -0.2) is 17.5 Å². The molecule has 1 aromatic heterocycles. The summed E-state index contributed by atoms with van der Waals surface area (Å²) in [5.41, 5.74) is 6.04. The Balaban J connectivity index is 0.00000112. The average molecular weight is 229 g/mol. The summed E-state index contributed by atoms with van der Waals surface area (Å²) in [6.07, 6.45) is 0. The average Bonchev–Trinajstić information content (AvgIpc) is 2.65. The van der Waals surface area contributed by atoms with Crippen LogP contribution in [0.5, 0.6) is 5.75 Å². The van der Waals surface area contributed by atoms with Gasteiger partial charge in [0, 0.05) is 12.1 Å². The van der Waals surface area contributed by atoms with E-state index in [4.69, 9.17) is 10.5 Å². The molecule has 0 fully saturated rings. The number of aromatic nitrogens is 3. The molecule has 0 unspecified atom stereocenters. The van der Waals surface area contributed by atoms with E-state index in [9.17, 15) is 0 Å². The topological polar surface area (TPSA) is 78.0 Å². The molecule has 1 heterocycles. The Morgan fingerprint density at radius 3 is 2.47 bits per heavy atom. The second-order valence-corrected chi connectivity index (χ2v) is 2.60. The SMILES string of the molecule is COc1ccc(-[n+]2noc(N)n2)cc1.[Cl-]. The first-order chi connectivity index (χ1) is 6.79. The van der Waals surface area contributed by atoms with Gasteiger partial charge in [-0.05, 0) is 12.1 Å². The Morgan fingerprint density at radius 1 is 1.33 bits per heavy atom. The fourth-order valence-electron chi connectivity index (χ4n) is 1.03. The summed E-state index contributed by atoms with van der Waals surface area (Å²) in [6, 6.07) is 7.23. The van der Waals surface area contributed by atoms with Crippen LogP contribution in [0.1, 0.15) is 0 Å². The van der Waals surface area contributed by atoms with Gasteiger partial charge in [-0.15, -0.1) is 0 Å². The number of nitrogens with two attached hydrogens (primary N) is 1. The standard InChI is InChI=1S/C8H9N4O2.ClH/c1-13-7-4-2-6(3-5-7)12-10-8(9)14-11-12;/h2-5H,1H3,(H2,9,10,11);1H/q+1;/p-1. The van der Waals surface area contributed by atoms with Crippen LogP contribution in [0.25, 0.3) is 5.69 Å². The van der Waals surface area contributed by atoms with Crippen LogP contribution in [0.3, 0.4) is 0 Å². The first-order valence-corrected chi connectivity index (χ1v) is 3.96. The molecule has 0 bridgehead atoms. The summed E-state index contributed by atoms with van der Waals surface area (Å²) in [6.45, 7) is 0. The molecule has 0 amide bonds. The summed E-state index contributed by atoms with van der Waals surface area (Å²) < 4.78 is 9.64. The van der Waals surface area contributed by atoms with Gasteiger partial charge < -0.3 is 22.9 Å².